The first-order valence-electron chi connectivity index (χ1n) is 9.63. The second-order valence-electron chi connectivity index (χ2n) is 6.62. The number of hydrogen-bond donors (Lipinski definition) is 2. The van der Waals surface area contributed by atoms with Gasteiger partial charge in [-0.25, -0.2) is 9.18 Å². The molecule has 0 fully saturated rings. The summed E-state index contributed by atoms with van der Waals surface area (Å²) in [5, 5.41) is 5.95. The normalized spacial score (nSPS) is 11.0. The third-order valence-corrected chi connectivity index (χ3v) is 5.74. The lowest BCUT2D eigenvalue weighted by Gasteiger charge is -2.21. The summed E-state index contributed by atoms with van der Waals surface area (Å²) in [5.41, 5.74) is 13.2. The molecule has 1 amide bonds. The number of nitrogens with two attached hydrogens (primary N) is 2. The van der Waals surface area contributed by atoms with Crippen molar-refractivity contribution in [2.75, 3.05) is 30.0 Å². The molecule has 0 aliphatic rings. The van der Waals surface area contributed by atoms with Gasteiger partial charge in [0.05, 0.1) is 12.6 Å². The highest BCUT2D eigenvalue weighted by Gasteiger charge is 2.24. The number of amides is 1. The number of benzene rings is 2. The summed E-state index contributed by atoms with van der Waals surface area (Å²) in [7, 11) is 1.26. The smallest absolute Gasteiger partial charge is 0.414 e. The standard InChI is InChI=1S/C21H20FN7O2S/c1-3-28(21(30)31-2)16-17(23)25-20(26-18(16)24)29-14-10-6-4-8-12(14)19(27-29)32-15-11-7-5-9-13(15)22/h4-11H,3H2,1-2H3,(H4,23,24,25,26). The number of aromatic nitrogens is 4. The maximum atomic E-state index is 14.2. The van der Waals surface area contributed by atoms with Gasteiger partial charge in [0.25, 0.3) is 5.95 Å². The minimum absolute atomic E-state index is 0.00244. The van der Waals surface area contributed by atoms with Gasteiger partial charge in [0, 0.05) is 16.8 Å². The molecule has 0 bridgehead atoms. The van der Waals surface area contributed by atoms with Crippen molar-refractivity contribution >= 4 is 46.1 Å². The molecule has 0 spiro atoms. The molecular weight excluding hydrogens is 433 g/mol. The number of carbonyl (C=O) groups excluding carboxylic acids is 1. The molecule has 4 aromatic rings. The third-order valence-electron chi connectivity index (χ3n) is 4.69. The Morgan fingerprint density at radius 1 is 1.12 bits per heavy atom. The fourth-order valence-electron chi connectivity index (χ4n) is 3.23. The fraction of sp³-hybridized carbons (Fsp3) is 0.143. The Labute approximate surface area is 187 Å². The van der Waals surface area contributed by atoms with Gasteiger partial charge in [-0.2, -0.15) is 19.7 Å². The molecule has 0 unspecified atom stereocenters. The van der Waals surface area contributed by atoms with Gasteiger partial charge in [-0.3, -0.25) is 4.90 Å². The van der Waals surface area contributed by atoms with Crippen molar-refractivity contribution in [2.45, 2.75) is 16.8 Å². The van der Waals surface area contributed by atoms with E-state index in [1.807, 2.05) is 24.3 Å². The van der Waals surface area contributed by atoms with E-state index in [9.17, 15) is 9.18 Å². The monoisotopic (exact) mass is 453 g/mol. The first-order chi connectivity index (χ1) is 15.4. The summed E-state index contributed by atoms with van der Waals surface area (Å²) >= 11 is 1.19. The van der Waals surface area contributed by atoms with Crippen LogP contribution in [0.2, 0.25) is 0 Å². The Morgan fingerprint density at radius 3 is 2.44 bits per heavy atom. The van der Waals surface area contributed by atoms with E-state index in [2.05, 4.69) is 15.1 Å². The molecule has 9 nitrogen and oxygen atoms in total. The molecule has 0 radical (unpaired) electrons. The van der Waals surface area contributed by atoms with Crippen LogP contribution in [0.15, 0.2) is 58.5 Å². The first kappa shape index (κ1) is 21.4. The number of carbonyl (C=O) groups is 1. The lowest BCUT2D eigenvalue weighted by atomic mass is 10.2. The third kappa shape index (κ3) is 3.78. The van der Waals surface area contributed by atoms with Crippen molar-refractivity contribution in [1.82, 2.24) is 19.7 Å². The molecule has 0 atom stereocenters. The van der Waals surface area contributed by atoms with Crippen molar-refractivity contribution in [3.63, 3.8) is 0 Å². The van der Waals surface area contributed by atoms with E-state index >= 15 is 0 Å². The number of methoxy groups -OCH3 is 1. The van der Waals surface area contributed by atoms with Crippen LogP contribution >= 0.6 is 11.8 Å². The molecule has 4 rings (SSSR count). The Kier molecular flexibility index (Phi) is 5.82. The lowest BCUT2D eigenvalue weighted by molar-refractivity contribution is 0.179. The van der Waals surface area contributed by atoms with E-state index in [-0.39, 0.29) is 35.6 Å². The molecule has 0 saturated carbocycles. The van der Waals surface area contributed by atoms with Gasteiger partial charge in [0.15, 0.2) is 11.6 Å². The summed E-state index contributed by atoms with van der Waals surface area (Å²) in [6.45, 7) is 2.01. The predicted octanol–water partition coefficient (Wildman–Crippen LogP) is 3.86. The molecule has 0 aliphatic heterocycles. The van der Waals surface area contributed by atoms with Crippen LogP contribution in [-0.4, -0.2) is 39.5 Å². The van der Waals surface area contributed by atoms with Crippen molar-refractivity contribution in [1.29, 1.82) is 0 Å². The molecule has 2 heterocycles. The van der Waals surface area contributed by atoms with Gasteiger partial charge >= 0.3 is 6.09 Å². The number of nitrogen functional groups attached to an aromatic ring is 2. The number of ether oxygens (including phenoxy) is 1. The summed E-state index contributed by atoms with van der Waals surface area (Å²) in [4.78, 5) is 22.4. The zero-order chi connectivity index (χ0) is 22.8. The number of anilines is 3. The maximum absolute atomic E-state index is 14.2. The second-order valence-corrected chi connectivity index (χ2v) is 7.65. The van der Waals surface area contributed by atoms with Crippen LogP contribution in [-0.2, 0) is 4.74 Å². The van der Waals surface area contributed by atoms with Gasteiger partial charge in [-0.1, -0.05) is 42.1 Å². The number of para-hydroxylation sites is 1. The Balaban J connectivity index is 1.82. The van der Waals surface area contributed by atoms with Crippen molar-refractivity contribution in [2.24, 2.45) is 0 Å². The minimum atomic E-state index is -0.629. The highest BCUT2D eigenvalue weighted by molar-refractivity contribution is 7.99. The molecular formula is C21H20FN7O2S. The van der Waals surface area contributed by atoms with Crippen LogP contribution in [0.1, 0.15) is 6.92 Å². The van der Waals surface area contributed by atoms with Crippen LogP contribution in [0.5, 0.6) is 0 Å². The average Bonchev–Trinajstić information content (AvgIpc) is 3.15. The van der Waals surface area contributed by atoms with Crippen LogP contribution < -0.4 is 16.4 Å². The number of halogens is 1. The maximum Gasteiger partial charge on any atom is 0.414 e. The summed E-state index contributed by atoms with van der Waals surface area (Å²) in [6.07, 6.45) is -0.629. The number of fused-ring (bicyclic) bond motifs is 1. The number of hydrogen-bond acceptors (Lipinski definition) is 8. The van der Waals surface area contributed by atoms with E-state index in [0.29, 0.717) is 15.4 Å². The SMILES string of the molecule is CCN(C(=O)OC)c1c(N)nc(-n2nc(Sc3ccccc3F)c3ccccc32)nc1N. The fourth-order valence-corrected chi connectivity index (χ4v) is 4.16. The zero-order valence-corrected chi connectivity index (χ0v) is 18.1. The van der Waals surface area contributed by atoms with Crippen molar-refractivity contribution in [3.8, 4) is 5.95 Å². The summed E-state index contributed by atoms with van der Waals surface area (Å²) in [5.74, 6) is -0.209. The van der Waals surface area contributed by atoms with Gasteiger partial charge < -0.3 is 16.2 Å². The molecule has 32 heavy (non-hydrogen) atoms. The number of rotatable bonds is 5. The van der Waals surface area contributed by atoms with Crippen LogP contribution in [0.25, 0.3) is 16.9 Å². The molecule has 4 N–H and O–H groups in total. The Morgan fingerprint density at radius 2 is 1.78 bits per heavy atom. The topological polar surface area (TPSA) is 125 Å². The summed E-state index contributed by atoms with van der Waals surface area (Å²) in [6, 6.07) is 13.9. The zero-order valence-electron chi connectivity index (χ0n) is 17.3. The largest absolute Gasteiger partial charge is 0.452 e. The van der Waals surface area contributed by atoms with E-state index in [0.717, 1.165) is 5.39 Å². The van der Waals surface area contributed by atoms with E-state index in [4.69, 9.17) is 16.2 Å². The number of nitrogens with zero attached hydrogens (tertiary/aromatic N) is 5. The van der Waals surface area contributed by atoms with Crippen molar-refractivity contribution in [3.05, 3.63) is 54.3 Å². The van der Waals surface area contributed by atoms with Gasteiger partial charge in [0.2, 0.25) is 0 Å². The van der Waals surface area contributed by atoms with Crippen molar-refractivity contribution < 1.29 is 13.9 Å². The predicted molar refractivity (Wildman–Crippen MR) is 121 cm³/mol. The molecule has 2 aromatic heterocycles. The quantitative estimate of drug-likeness (QED) is 0.467. The van der Waals surface area contributed by atoms with Crippen LogP contribution in [0.3, 0.4) is 0 Å². The molecule has 0 aliphatic carbocycles. The van der Waals surface area contributed by atoms with Gasteiger partial charge in [-0.15, -0.1) is 0 Å². The van der Waals surface area contributed by atoms with Crippen LogP contribution in [0.4, 0.5) is 26.5 Å². The molecule has 11 heteroatoms. The molecule has 2 aromatic carbocycles. The van der Waals surface area contributed by atoms with E-state index < -0.39 is 6.09 Å². The average molecular weight is 454 g/mol. The Hall–Kier alpha value is -3.86. The Bertz CT molecular complexity index is 1290. The van der Waals surface area contributed by atoms with Gasteiger partial charge in [0.1, 0.15) is 16.5 Å². The van der Waals surface area contributed by atoms with E-state index in [1.165, 1.54) is 34.5 Å². The molecule has 164 valence electrons. The van der Waals surface area contributed by atoms with E-state index in [1.54, 1.807) is 25.1 Å². The lowest BCUT2D eigenvalue weighted by Crippen LogP contribution is -2.32. The second kappa shape index (κ2) is 8.71. The van der Waals surface area contributed by atoms with Crippen LogP contribution in [0, 0.1) is 5.82 Å². The minimum Gasteiger partial charge on any atom is -0.452 e. The highest BCUT2D eigenvalue weighted by Crippen LogP contribution is 2.35. The van der Waals surface area contributed by atoms with Gasteiger partial charge in [-0.05, 0) is 25.1 Å². The first-order valence-corrected chi connectivity index (χ1v) is 10.4. The molecule has 0 saturated heterocycles. The summed E-state index contributed by atoms with van der Waals surface area (Å²) < 4.78 is 20.5. The highest BCUT2D eigenvalue weighted by atomic mass is 32.2.